The van der Waals surface area contributed by atoms with Crippen LogP contribution in [-0.2, 0) is 14.4 Å². The molecule has 2 aromatic rings. The lowest BCUT2D eigenvalue weighted by molar-refractivity contribution is -0.127. The highest BCUT2D eigenvalue weighted by molar-refractivity contribution is 8.18. The van der Waals surface area contributed by atoms with Gasteiger partial charge in [-0.1, -0.05) is 24.3 Å². The molecule has 4 amide bonds. The summed E-state index contributed by atoms with van der Waals surface area (Å²) in [7, 11) is 0. The maximum absolute atomic E-state index is 12.8. The van der Waals surface area contributed by atoms with Crippen molar-refractivity contribution >= 4 is 46.5 Å². The first kappa shape index (κ1) is 23.9. The van der Waals surface area contributed by atoms with Crippen LogP contribution in [-0.4, -0.2) is 47.6 Å². The van der Waals surface area contributed by atoms with Crippen LogP contribution in [0.5, 0.6) is 11.5 Å². The van der Waals surface area contributed by atoms with E-state index in [9.17, 15) is 19.2 Å². The van der Waals surface area contributed by atoms with Crippen LogP contribution in [0, 0.1) is 6.92 Å². The molecule has 10 heteroatoms. The van der Waals surface area contributed by atoms with Gasteiger partial charge in [0.05, 0.1) is 11.5 Å². The van der Waals surface area contributed by atoms with Crippen molar-refractivity contribution in [3.8, 4) is 11.5 Å². The molecule has 9 nitrogen and oxygen atoms in total. The van der Waals surface area contributed by atoms with Gasteiger partial charge in [0.2, 0.25) is 5.91 Å². The minimum Gasteiger partial charge on any atom is -0.490 e. The first-order chi connectivity index (χ1) is 15.8. The number of primary amides is 1. The molecular formula is C23H23N3O6S. The Balaban J connectivity index is 1.73. The van der Waals surface area contributed by atoms with Crippen molar-refractivity contribution in [1.82, 2.24) is 4.90 Å². The van der Waals surface area contributed by atoms with Crippen LogP contribution in [0.3, 0.4) is 0 Å². The molecule has 1 aliphatic rings. The van der Waals surface area contributed by atoms with E-state index < -0.39 is 23.0 Å². The number of nitrogens with zero attached hydrogens (tertiary/aromatic N) is 1. The van der Waals surface area contributed by atoms with Crippen molar-refractivity contribution in [2.75, 3.05) is 25.1 Å². The third-order valence-corrected chi connectivity index (χ3v) is 5.44. The zero-order valence-corrected chi connectivity index (χ0v) is 18.9. The van der Waals surface area contributed by atoms with Gasteiger partial charge in [0.15, 0.2) is 18.1 Å². The summed E-state index contributed by atoms with van der Waals surface area (Å²) in [6, 6.07) is 12.1. The van der Waals surface area contributed by atoms with E-state index in [1.165, 1.54) is 6.08 Å². The Morgan fingerprint density at radius 2 is 1.88 bits per heavy atom. The third kappa shape index (κ3) is 6.13. The Hall–Kier alpha value is -3.79. The number of nitrogens with two attached hydrogens (primary N) is 1. The number of thioether (sulfide) groups is 1. The second kappa shape index (κ2) is 10.7. The molecule has 0 radical (unpaired) electrons. The maximum Gasteiger partial charge on any atom is 0.294 e. The Kier molecular flexibility index (Phi) is 7.73. The van der Waals surface area contributed by atoms with Crippen LogP contribution in [0.2, 0.25) is 0 Å². The topological polar surface area (TPSA) is 128 Å². The Morgan fingerprint density at radius 1 is 1.12 bits per heavy atom. The SMILES string of the molecule is CCOc1cc(/C=C2\SC(=O)N(CC(=O)Nc3ccccc3C)C2=O)ccc1OCC(N)=O. The summed E-state index contributed by atoms with van der Waals surface area (Å²) < 4.78 is 10.9. The molecule has 0 atom stereocenters. The molecule has 0 spiro atoms. The first-order valence-electron chi connectivity index (χ1n) is 10.1. The second-order valence-electron chi connectivity index (χ2n) is 7.03. The van der Waals surface area contributed by atoms with Crippen molar-refractivity contribution in [2.24, 2.45) is 5.73 Å². The number of amides is 4. The van der Waals surface area contributed by atoms with Gasteiger partial charge >= 0.3 is 0 Å². The van der Waals surface area contributed by atoms with Gasteiger partial charge < -0.3 is 20.5 Å². The number of hydrogen-bond donors (Lipinski definition) is 2. The normalized spacial score (nSPS) is 14.5. The summed E-state index contributed by atoms with van der Waals surface area (Å²) in [5, 5.41) is 2.18. The molecule has 1 saturated heterocycles. The number of nitrogens with one attached hydrogen (secondary N) is 1. The standard InChI is InChI=1S/C23H23N3O6S/c1-3-31-18-10-15(8-9-17(18)32-13-20(24)27)11-19-22(29)26(23(30)33-19)12-21(28)25-16-7-5-4-6-14(16)2/h4-11H,3,12-13H2,1-2H3,(H2,24,27)(H,25,28)/b19-11-. The minimum absolute atomic E-state index is 0.178. The van der Waals surface area contributed by atoms with Crippen LogP contribution in [0.4, 0.5) is 10.5 Å². The highest BCUT2D eigenvalue weighted by Gasteiger charge is 2.36. The highest BCUT2D eigenvalue weighted by Crippen LogP contribution is 2.34. The number of imide groups is 1. The molecule has 1 aliphatic heterocycles. The molecule has 3 rings (SSSR count). The van der Waals surface area contributed by atoms with Crippen molar-refractivity contribution in [3.63, 3.8) is 0 Å². The molecule has 0 bridgehead atoms. The number of aryl methyl sites for hydroxylation is 1. The van der Waals surface area contributed by atoms with Crippen molar-refractivity contribution in [1.29, 1.82) is 0 Å². The van der Waals surface area contributed by atoms with Crippen molar-refractivity contribution in [3.05, 3.63) is 58.5 Å². The molecule has 3 N–H and O–H groups in total. The van der Waals surface area contributed by atoms with Gasteiger partial charge in [-0.25, -0.2) is 0 Å². The van der Waals surface area contributed by atoms with E-state index in [4.69, 9.17) is 15.2 Å². The average molecular weight is 470 g/mol. The van der Waals surface area contributed by atoms with Crippen LogP contribution >= 0.6 is 11.8 Å². The summed E-state index contributed by atoms with van der Waals surface area (Å²) in [6.45, 7) is 3.29. The zero-order chi connectivity index (χ0) is 24.0. The van der Waals surface area contributed by atoms with Crippen molar-refractivity contribution < 1.29 is 28.7 Å². The van der Waals surface area contributed by atoms with E-state index >= 15 is 0 Å². The van der Waals surface area contributed by atoms with Crippen LogP contribution in [0.15, 0.2) is 47.4 Å². The van der Waals surface area contributed by atoms with Crippen LogP contribution < -0.4 is 20.5 Å². The lowest BCUT2D eigenvalue weighted by Crippen LogP contribution is -2.36. The largest absolute Gasteiger partial charge is 0.490 e. The van der Waals surface area contributed by atoms with Crippen molar-refractivity contribution in [2.45, 2.75) is 13.8 Å². The second-order valence-corrected chi connectivity index (χ2v) is 8.02. The molecule has 0 unspecified atom stereocenters. The predicted molar refractivity (Wildman–Crippen MR) is 125 cm³/mol. The number of hydrogen-bond acceptors (Lipinski definition) is 7. The predicted octanol–water partition coefficient (Wildman–Crippen LogP) is 2.93. The maximum atomic E-state index is 12.8. The minimum atomic E-state index is -0.623. The van der Waals surface area contributed by atoms with E-state index in [-0.39, 0.29) is 18.1 Å². The molecule has 1 fully saturated rings. The molecule has 33 heavy (non-hydrogen) atoms. The fourth-order valence-corrected chi connectivity index (χ4v) is 3.82. The Labute approximate surface area is 194 Å². The number of para-hydroxylation sites is 1. The van der Waals surface area contributed by atoms with Gasteiger partial charge in [-0.3, -0.25) is 24.1 Å². The summed E-state index contributed by atoms with van der Waals surface area (Å²) in [5.74, 6) is -0.959. The lowest BCUT2D eigenvalue weighted by atomic mass is 10.2. The number of anilines is 1. The van der Waals surface area contributed by atoms with E-state index in [1.54, 1.807) is 37.3 Å². The van der Waals surface area contributed by atoms with Crippen LogP contribution in [0.1, 0.15) is 18.1 Å². The summed E-state index contributed by atoms with van der Waals surface area (Å²) in [4.78, 5) is 49.6. The zero-order valence-electron chi connectivity index (χ0n) is 18.1. The molecule has 1 heterocycles. The lowest BCUT2D eigenvalue weighted by Gasteiger charge is -2.13. The van der Waals surface area contributed by atoms with Gasteiger partial charge in [0.25, 0.3) is 17.1 Å². The smallest absolute Gasteiger partial charge is 0.294 e. The quantitative estimate of drug-likeness (QED) is 0.540. The van der Waals surface area contributed by atoms with Gasteiger partial charge in [-0.2, -0.15) is 0 Å². The third-order valence-electron chi connectivity index (χ3n) is 4.53. The number of ether oxygens (including phenoxy) is 2. The molecular weight excluding hydrogens is 446 g/mol. The number of benzene rings is 2. The fourth-order valence-electron chi connectivity index (χ4n) is 2.99. The number of carbonyl (C=O) groups is 4. The van der Waals surface area contributed by atoms with Gasteiger partial charge in [-0.05, 0) is 61.0 Å². The van der Waals surface area contributed by atoms with E-state index in [2.05, 4.69) is 5.32 Å². The molecule has 0 aliphatic carbocycles. The average Bonchev–Trinajstić information content (AvgIpc) is 3.02. The van der Waals surface area contributed by atoms with Crippen LogP contribution in [0.25, 0.3) is 6.08 Å². The molecule has 0 saturated carbocycles. The fraction of sp³-hybridized carbons (Fsp3) is 0.217. The number of carbonyl (C=O) groups excluding carboxylic acids is 4. The van der Waals surface area contributed by atoms with Gasteiger partial charge in [0, 0.05) is 5.69 Å². The first-order valence-corrected chi connectivity index (χ1v) is 10.9. The monoisotopic (exact) mass is 469 g/mol. The summed E-state index contributed by atoms with van der Waals surface area (Å²) in [6.07, 6.45) is 1.53. The Bertz CT molecular complexity index is 1130. The number of rotatable bonds is 9. The summed E-state index contributed by atoms with van der Waals surface area (Å²) in [5.41, 5.74) is 7.18. The molecule has 172 valence electrons. The molecule has 2 aromatic carbocycles. The van der Waals surface area contributed by atoms with E-state index in [1.807, 2.05) is 19.1 Å². The van der Waals surface area contributed by atoms with E-state index in [0.29, 0.717) is 29.4 Å². The Morgan fingerprint density at radius 3 is 2.58 bits per heavy atom. The molecule has 0 aromatic heterocycles. The van der Waals surface area contributed by atoms with Gasteiger partial charge in [-0.15, -0.1) is 0 Å². The highest BCUT2D eigenvalue weighted by atomic mass is 32.2. The van der Waals surface area contributed by atoms with Gasteiger partial charge in [0.1, 0.15) is 6.54 Å². The summed E-state index contributed by atoms with van der Waals surface area (Å²) >= 11 is 0.751. The van der Waals surface area contributed by atoms with E-state index in [0.717, 1.165) is 22.2 Å².